The molecule has 1 aromatic carbocycles. The largest absolute Gasteiger partial charge is 0.302 e. The average molecular weight is 170 g/mol. The maximum Gasteiger partial charge on any atom is 0.138 e. The molecule has 1 saturated carbocycles. The van der Waals surface area contributed by atoms with Gasteiger partial charge in [0.25, 0.3) is 0 Å². The monoisotopic (exact) mass is 170 g/mol. The number of carbonyl (C=O) groups excluding carboxylic acids is 1. The van der Waals surface area contributed by atoms with Crippen molar-refractivity contribution in [3.63, 3.8) is 0 Å². The molecular weight excluding hydrogens is 160 g/mol. The molecule has 0 aliphatic heterocycles. The Morgan fingerprint density at radius 1 is 1.23 bits per heavy atom. The van der Waals surface area contributed by atoms with E-state index in [1.807, 2.05) is 30.3 Å². The number of rotatable bonds is 1. The number of hydrogen-bond donors (Lipinski definition) is 0. The van der Waals surface area contributed by atoms with E-state index in [1.165, 1.54) is 0 Å². The first-order chi connectivity index (χ1) is 6.35. The van der Waals surface area contributed by atoms with Gasteiger partial charge in [0.05, 0.1) is 5.41 Å². The van der Waals surface area contributed by atoms with Crippen LogP contribution in [-0.2, 0) is 4.79 Å². The van der Waals surface area contributed by atoms with Crippen LogP contribution in [0.1, 0.15) is 18.4 Å². The Hall–Kier alpha value is -1.55. The van der Waals surface area contributed by atoms with Crippen LogP contribution in [0.4, 0.5) is 0 Å². The molecule has 1 aromatic rings. The minimum absolute atomic E-state index is 0.296. The van der Waals surface area contributed by atoms with Crippen LogP contribution < -0.4 is 0 Å². The van der Waals surface area contributed by atoms with Crippen LogP contribution in [0.5, 0.6) is 0 Å². The molecule has 1 aliphatic rings. The van der Waals surface area contributed by atoms with E-state index in [9.17, 15) is 4.79 Å². The zero-order chi connectivity index (χ0) is 9.15. The van der Waals surface area contributed by atoms with Crippen LogP contribution in [0, 0.1) is 17.3 Å². The summed E-state index contributed by atoms with van der Waals surface area (Å²) in [6.45, 7) is 0. The van der Waals surface area contributed by atoms with Gasteiger partial charge in [0.1, 0.15) is 6.29 Å². The maximum atomic E-state index is 10.6. The molecule has 0 saturated heterocycles. The van der Waals surface area contributed by atoms with Gasteiger partial charge in [-0.1, -0.05) is 30.0 Å². The van der Waals surface area contributed by atoms with Crippen molar-refractivity contribution in [2.75, 3.05) is 0 Å². The lowest BCUT2D eigenvalue weighted by Gasteiger charge is -1.91. The van der Waals surface area contributed by atoms with Crippen molar-refractivity contribution in [1.29, 1.82) is 0 Å². The topological polar surface area (TPSA) is 17.1 Å². The standard InChI is InChI=1S/C12H10O/c13-10-12(8-9-12)7-6-11-4-2-1-3-5-11/h1-5,10H,8-9H2. The van der Waals surface area contributed by atoms with E-state index >= 15 is 0 Å². The minimum atomic E-state index is -0.296. The Labute approximate surface area is 77.8 Å². The van der Waals surface area contributed by atoms with E-state index in [4.69, 9.17) is 0 Å². The molecule has 0 amide bonds. The predicted octanol–water partition coefficient (Wildman–Crippen LogP) is 2.02. The Bertz CT molecular complexity index is 363. The van der Waals surface area contributed by atoms with Gasteiger partial charge in [-0.15, -0.1) is 0 Å². The van der Waals surface area contributed by atoms with Crippen molar-refractivity contribution in [3.8, 4) is 11.8 Å². The fourth-order valence-electron chi connectivity index (χ4n) is 1.13. The number of carbonyl (C=O) groups is 1. The molecule has 1 nitrogen and oxygen atoms in total. The molecule has 0 atom stereocenters. The summed E-state index contributed by atoms with van der Waals surface area (Å²) in [5.74, 6) is 6.04. The van der Waals surface area contributed by atoms with Crippen LogP contribution >= 0.6 is 0 Å². The minimum Gasteiger partial charge on any atom is -0.302 e. The van der Waals surface area contributed by atoms with E-state index in [-0.39, 0.29) is 5.41 Å². The van der Waals surface area contributed by atoms with Crippen molar-refractivity contribution in [2.45, 2.75) is 12.8 Å². The second-order valence-corrected chi connectivity index (χ2v) is 3.39. The van der Waals surface area contributed by atoms with Crippen molar-refractivity contribution in [2.24, 2.45) is 5.41 Å². The van der Waals surface area contributed by atoms with Crippen LogP contribution in [-0.4, -0.2) is 6.29 Å². The van der Waals surface area contributed by atoms with Gasteiger partial charge in [0.15, 0.2) is 0 Å². The lowest BCUT2D eigenvalue weighted by Crippen LogP contribution is -1.95. The maximum absolute atomic E-state index is 10.6. The molecular formula is C12H10O. The number of hydrogen-bond acceptors (Lipinski definition) is 1. The summed E-state index contributed by atoms with van der Waals surface area (Å²) in [6.07, 6.45) is 2.83. The van der Waals surface area contributed by atoms with Gasteiger partial charge in [-0.3, -0.25) is 0 Å². The molecule has 2 rings (SSSR count). The second kappa shape index (κ2) is 3.06. The molecule has 1 heteroatoms. The van der Waals surface area contributed by atoms with E-state index in [1.54, 1.807) is 0 Å². The second-order valence-electron chi connectivity index (χ2n) is 3.39. The summed E-state index contributed by atoms with van der Waals surface area (Å²) in [5.41, 5.74) is 0.686. The molecule has 1 fully saturated rings. The molecule has 0 bridgehead atoms. The van der Waals surface area contributed by atoms with E-state index in [0.29, 0.717) is 0 Å². The van der Waals surface area contributed by atoms with Gasteiger partial charge in [0, 0.05) is 5.56 Å². The SMILES string of the molecule is O=CC1(C#Cc2ccccc2)CC1. The predicted molar refractivity (Wildman–Crippen MR) is 51.1 cm³/mol. The van der Waals surface area contributed by atoms with E-state index < -0.39 is 0 Å². The van der Waals surface area contributed by atoms with Gasteiger partial charge in [-0.2, -0.15) is 0 Å². The summed E-state index contributed by atoms with van der Waals surface area (Å²) < 4.78 is 0. The van der Waals surface area contributed by atoms with Gasteiger partial charge >= 0.3 is 0 Å². The molecule has 0 radical (unpaired) electrons. The molecule has 0 unspecified atom stereocenters. The summed E-state index contributed by atoms with van der Waals surface area (Å²) in [7, 11) is 0. The Morgan fingerprint density at radius 3 is 2.46 bits per heavy atom. The summed E-state index contributed by atoms with van der Waals surface area (Å²) >= 11 is 0. The highest BCUT2D eigenvalue weighted by atomic mass is 16.1. The lowest BCUT2D eigenvalue weighted by atomic mass is 10.1. The van der Waals surface area contributed by atoms with Gasteiger partial charge in [0.2, 0.25) is 0 Å². The summed E-state index contributed by atoms with van der Waals surface area (Å²) in [6, 6.07) is 9.76. The molecule has 13 heavy (non-hydrogen) atoms. The zero-order valence-corrected chi connectivity index (χ0v) is 7.29. The fourth-order valence-corrected chi connectivity index (χ4v) is 1.13. The average Bonchev–Trinajstić information content (AvgIpc) is 2.97. The molecule has 0 aromatic heterocycles. The highest BCUT2D eigenvalue weighted by Crippen LogP contribution is 2.42. The number of aldehydes is 1. The first-order valence-electron chi connectivity index (χ1n) is 4.39. The molecule has 0 spiro atoms. The van der Waals surface area contributed by atoms with Crippen LogP contribution in [0.15, 0.2) is 30.3 Å². The molecule has 64 valence electrons. The summed E-state index contributed by atoms with van der Waals surface area (Å²) in [4.78, 5) is 10.6. The van der Waals surface area contributed by atoms with Crippen LogP contribution in [0.3, 0.4) is 0 Å². The first-order valence-corrected chi connectivity index (χ1v) is 4.39. The third-order valence-corrected chi connectivity index (χ3v) is 2.24. The van der Waals surface area contributed by atoms with Crippen molar-refractivity contribution in [1.82, 2.24) is 0 Å². The van der Waals surface area contributed by atoms with Crippen molar-refractivity contribution in [3.05, 3.63) is 35.9 Å². The van der Waals surface area contributed by atoms with Gasteiger partial charge < -0.3 is 4.79 Å². The highest BCUT2D eigenvalue weighted by Gasteiger charge is 2.40. The van der Waals surface area contributed by atoms with E-state index in [2.05, 4.69) is 11.8 Å². The Balaban J connectivity index is 2.18. The quantitative estimate of drug-likeness (QED) is 0.465. The lowest BCUT2D eigenvalue weighted by molar-refractivity contribution is -0.110. The van der Waals surface area contributed by atoms with Crippen LogP contribution in [0.2, 0.25) is 0 Å². The van der Waals surface area contributed by atoms with Crippen molar-refractivity contribution >= 4 is 6.29 Å². The zero-order valence-electron chi connectivity index (χ0n) is 7.29. The normalized spacial score (nSPS) is 16.9. The van der Waals surface area contributed by atoms with Crippen LogP contribution in [0.25, 0.3) is 0 Å². The van der Waals surface area contributed by atoms with Gasteiger partial charge in [-0.05, 0) is 25.0 Å². The Morgan fingerprint density at radius 2 is 1.92 bits per heavy atom. The molecule has 1 aliphatic carbocycles. The third-order valence-electron chi connectivity index (χ3n) is 2.24. The molecule has 0 N–H and O–H groups in total. The van der Waals surface area contributed by atoms with Crippen molar-refractivity contribution < 1.29 is 4.79 Å². The highest BCUT2D eigenvalue weighted by molar-refractivity contribution is 5.69. The first kappa shape index (κ1) is 8.07. The molecule has 0 heterocycles. The smallest absolute Gasteiger partial charge is 0.138 e. The summed E-state index contributed by atoms with van der Waals surface area (Å²) in [5, 5.41) is 0. The third kappa shape index (κ3) is 1.78. The van der Waals surface area contributed by atoms with E-state index in [0.717, 1.165) is 24.7 Å². The fraction of sp³-hybridized carbons (Fsp3) is 0.250. The number of benzene rings is 1. The Kier molecular flexibility index (Phi) is 1.90. The van der Waals surface area contributed by atoms with Gasteiger partial charge in [-0.25, -0.2) is 0 Å².